The van der Waals surface area contributed by atoms with E-state index in [4.69, 9.17) is 0 Å². The molecule has 0 amide bonds. The number of nitrogens with one attached hydrogen (secondary N) is 3. The fraction of sp³-hybridized carbons (Fsp3) is 0.750. The average Bonchev–Trinajstić information content (AvgIpc) is 2.80. The van der Waals surface area contributed by atoms with Crippen LogP contribution in [0.2, 0.25) is 0 Å². The third-order valence-electron chi connectivity index (χ3n) is 5.06. The van der Waals surface area contributed by atoms with Gasteiger partial charge in [-0.3, -0.25) is 10.9 Å². The van der Waals surface area contributed by atoms with Gasteiger partial charge in [-0.1, -0.05) is 0 Å². The van der Waals surface area contributed by atoms with Crippen molar-refractivity contribution >= 4 is 5.82 Å². The Balaban J connectivity index is 1.43. The Hall–Kier alpha value is -1.24. The van der Waals surface area contributed by atoms with Gasteiger partial charge in [-0.05, 0) is 45.4 Å². The van der Waals surface area contributed by atoms with E-state index in [0.717, 1.165) is 37.3 Å². The molecule has 1 saturated carbocycles. The maximum Gasteiger partial charge on any atom is 0.129 e. The molecule has 2 heterocycles. The lowest BCUT2D eigenvalue weighted by molar-refractivity contribution is 0.0732. The molecule has 0 bridgehead atoms. The van der Waals surface area contributed by atoms with Crippen molar-refractivity contribution in [3.63, 3.8) is 0 Å². The Morgan fingerprint density at radius 3 is 2.64 bits per heavy atom. The molecule has 1 aromatic heterocycles. The first-order valence-electron chi connectivity index (χ1n) is 8.38. The molecule has 1 aromatic rings. The van der Waals surface area contributed by atoms with Crippen molar-refractivity contribution in [1.82, 2.24) is 20.8 Å². The van der Waals surface area contributed by atoms with Crippen molar-refractivity contribution in [3.05, 3.63) is 18.1 Å². The molecule has 22 heavy (non-hydrogen) atoms. The predicted molar refractivity (Wildman–Crippen MR) is 86.4 cm³/mol. The van der Waals surface area contributed by atoms with Crippen molar-refractivity contribution in [2.75, 3.05) is 11.9 Å². The third-order valence-corrected chi connectivity index (χ3v) is 5.06. The van der Waals surface area contributed by atoms with E-state index in [1.54, 1.807) is 6.33 Å². The minimum absolute atomic E-state index is 0.144. The van der Waals surface area contributed by atoms with Gasteiger partial charge in [0.25, 0.3) is 0 Å². The van der Waals surface area contributed by atoms with Crippen LogP contribution in [0.25, 0.3) is 0 Å². The third kappa shape index (κ3) is 3.56. The van der Waals surface area contributed by atoms with Crippen LogP contribution in [-0.4, -0.2) is 39.8 Å². The van der Waals surface area contributed by atoms with Crippen LogP contribution in [-0.2, 0) is 0 Å². The highest BCUT2D eigenvalue weighted by atomic mass is 16.3. The minimum Gasteiger partial charge on any atom is -0.393 e. The van der Waals surface area contributed by atoms with E-state index in [0.29, 0.717) is 23.9 Å². The molecular weight excluding hydrogens is 278 g/mol. The number of aromatic nitrogens is 2. The first-order chi connectivity index (χ1) is 10.6. The molecule has 1 aliphatic carbocycles. The van der Waals surface area contributed by atoms with Gasteiger partial charge in [0, 0.05) is 36.3 Å². The molecule has 6 heteroatoms. The van der Waals surface area contributed by atoms with E-state index in [-0.39, 0.29) is 6.10 Å². The van der Waals surface area contributed by atoms with Crippen molar-refractivity contribution in [2.45, 2.75) is 63.6 Å². The van der Waals surface area contributed by atoms with Crippen LogP contribution in [0.5, 0.6) is 0 Å². The van der Waals surface area contributed by atoms with Crippen LogP contribution >= 0.6 is 0 Å². The maximum absolute atomic E-state index is 9.40. The summed E-state index contributed by atoms with van der Waals surface area (Å²) in [6, 6.07) is 3.09. The SMILES string of the molecule is CC1NNC(C)C1CCCNc1cc(C2CC(O)C2)ncn1. The molecule has 2 aliphatic rings. The predicted octanol–water partition coefficient (Wildman–Crippen LogP) is 1.41. The Morgan fingerprint density at radius 1 is 1.23 bits per heavy atom. The van der Waals surface area contributed by atoms with Gasteiger partial charge < -0.3 is 10.4 Å². The largest absolute Gasteiger partial charge is 0.393 e. The maximum atomic E-state index is 9.40. The molecule has 1 saturated heterocycles. The summed E-state index contributed by atoms with van der Waals surface area (Å²) >= 11 is 0. The second-order valence-electron chi connectivity index (χ2n) is 6.75. The molecule has 4 N–H and O–H groups in total. The van der Waals surface area contributed by atoms with Crippen LogP contribution < -0.4 is 16.2 Å². The van der Waals surface area contributed by atoms with Crippen LogP contribution in [0, 0.1) is 5.92 Å². The molecule has 0 aromatic carbocycles. The Bertz CT molecular complexity index is 481. The molecule has 2 fully saturated rings. The van der Waals surface area contributed by atoms with E-state index in [9.17, 15) is 5.11 Å². The zero-order valence-corrected chi connectivity index (χ0v) is 13.4. The minimum atomic E-state index is -0.144. The zero-order valence-electron chi connectivity index (χ0n) is 13.4. The van der Waals surface area contributed by atoms with Crippen molar-refractivity contribution < 1.29 is 5.11 Å². The standard InChI is InChI=1S/C16H27N5O/c1-10-14(11(2)21-20-10)4-3-5-17-16-8-15(18-9-19-16)12-6-13(22)7-12/h8-14,20-22H,3-7H2,1-2H3,(H,17,18,19). The second-order valence-corrected chi connectivity index (χ2v) is 6.75. The highest BCUT2D eigenvalue weighted by Gasteiger charge is 2.30. The highest BCUT2D eigenvalue weighted by Crippen LogP contribution is 2.35. The first kappa shape index (κ1) is 15.6. The number of nitrogens with zero attached hydrogens (tertiary/aromatic N) is 2. The van der Waals surface area contributed by atoms with Crippen molar-refractivity contribution in [1.29, 1.82) is 0 Å². The van der Waals surface area contributed by atoms with Crippen LogP contribution in [0.15, 0.2) is 12.4 Å². The summed E-state index contributed by atoms with van der Waals surface area (Å²) < 4.78 is 0. The van der Waals surface area contributed by atoms with Gasteiger partial charge in [-0.15, -0.1) is 0 Å². The number of hydrogen-bond acceptors (Lipinski definition) is 6. The second kappa shape index (κ2) is 6.89. The summed E-state index contributed by atoms with van der Waals surface area (Å²) in [5, 5.41) is 12.8. The Labute approximate surface area is 132 Å². The lowest BCUT2D eigenvalue weighted by Crippen LogP contribution is -2.30. The van der Waals surface area contributed by atoms with Crippen molar-refractivity contribution in [3.8, 4) is 0 Å². The quantitative estimate of drug-likeness (QED) is 0.595. The first-order valence-corrected chi connectivity index (χ1v) is 8.38. The van der Waals surface area contributed by atoms with E-state index in [2.05, 4.69) is 40.0 Å². The molecule has 3 rings (SSSR count). The van der Waals surface area contributed by atoms with Crippen molar-refractivity contribution in [2.24, 2.45) is 5.92 Å². The molecule has 1 aliphatic heterocycles. The molecule has 6 nitrogen and oxygen atoms in total. The summed E-state index contributed by atoms with van der Waals surface area (Å²) in [6.45, 7) is 5.40. The van der Waals surface area contributed by atoms with E-state index < -0.39 is 0 Å². The smallest absolute Gasteiger partial charge is 0.129 e. The van der Waals surface area contributed by atoms with E-state index >= 15 is 0 Å². The van der Waals surface area contributed by atoms with E-state index in [1.807, 2.05) is 6.07 Å². The molecular formula is C16H27N5O. The normalized spacial score (nSPS) is 34.4. The lowest BCUT2D eigenvalue weighted by Gasteiger charge is -2.30. The number of anilines is 1. The van der Waals surface area contributed by atoms with Gasteiger partial charge in [-0.2, -0.15) is 0 Å². The number of aliphatic hydroxyl groups is 1. The van der Waals surface area contributed by atoms with Gasteiger partial charge in [0.15, 0.2) is 0 Å². The van der Waals surface area contributed by atoms with Crippen LogP contribution in [0.3, 0.4) is 0 Å². The number of rotatable bonds is 6. The Kier molecular flexibility index (Phi) is 4.90. The fourth-order valence-electron chi connectivity index (χ4n) is 3.49. The average molecular weight is 305 g/mol. The molecule has 0 spiro atoms. The summed E-state index contributed by atoms with van der Waals surface area (Å²) in [5.41, 5.74) is 7.66. The van der Waals surface area contributed by atoms with Gasteiger partial charge in [0.1, 0.15) is 12.1 Å². The van der Waals surface area contributed by atoms with Gasteiger partial charge in [-0.25, -0.2) is 9.97 Å². The fourth-order valence-corrected chi connectivity index (χ4v) is 3.49. The summed E-state index contributed by atoms with van der Waals surface area (Å²) in [7, 11) is 0. The topological polar surface area (TPSA) is 82.1 Å². The summed E-state index contributed by atoms with van der Waals surface area (Å²) in [5.74, 6) is 1.98. The van der Waals surface area contributed by atoms with Gasteiger partial charge >= 0.3 is 0 Å². The molecule has 122 valence electrons. The number of aliphatic hydroxyl groups excluding tert-OH is 1. The number of hydrazine groups is 1. The van der Waals surface area contributed by atoms with Gasteiger partial charge in [0.2, 0.25) is 0 Å². The van der Waals surface area contributed by atoms with Gasteiger partial charge in [0.05, 0.1) is 6.10 Å². The summed E-state index contributed by atoms with van der Waals surface area (Å²) in [6.07, 6.45) is 5.46. The van der Waals surface area contributed by atoms with Crippen LogP contribution in [0.1, 0.15) is 51.1 Å². The highest BCUT2D eigenvalue weighted by molar-refractivity contribution is 5.36. The Morgan fingerprint density at radius 2 is 1.95 bits per heavy atom. The van der Waals surface area contributed by atoms with E-state index in [1.165, 1.54) is 6.42 Å². The molecule has 0 radical (unpaired) electrons. The lowest BCUT2D eigenvalue weighted by atomic mass is 9.80. The number of hydrogen-bond donors (Lipinski definition) is 4. The monoisotopic (exact) mass is 305 g/mol. The summed E-state index contributed by atoms with van der Waals surface area (Å²) in [4.78, 5) is 8.62. The van der Waals surface area contributed by atoms with Crippen LogP contribution in [0.4, 0.5) is 5.82 Å². The molecule has 2 atom stereocenters. The molecule has 2 unspecified atom stereocenters. The zero-order chi connectivity index (χ0) is 15.5.